The highest BCUT2D eigenvalue weighted by molar-refractivity contribution is 5.99. The first-order valence-electron chi connectivity index (χ1n) is 11.8. The van der Waals surface area contributed by atoms with E-state index >= 15 is 0 Å². The average Bonchev–Trinajstić information content (AvgIpc) is 3.34. The third kappa shape index (κ3) is 4.05. The number of amides is 1. The predicted molar refractivity (Wildman–Crippen MR) is 134 cm³/mol. The smallest absolute Gasteiger partial charge is 0.259 e. The van der Waals surface area contributed by atoms with E-state index in [1.54, 1.807) is 7.11 Å². The Labute approximate surface area is 200 Å². The number of pyridine rings is 1. The van der Waals surface area contributed by atoms with Gasteiger partial charge in [0.25, 0.3) is 5.91 Å². The van der Waals surface area contributed by atoms with Crippen molar-refractivity contribution in [2.24, 2.45) is 0 Å². The zero-order valence-electron chi connectivity index (χ0n) is 19.8. The molecule has 1 fully saturated rings. The van der Waals surface area contributed by atoms with Gasteiger partial charge in [-0.05, 0) is 37.1 Å². The summed E-state index contributed by atoms with van der Waals surface area (Å²) in [5.74, 6) is 0.316. The summed E-state index contributed by atoms with van der Waals surface area (Å²) in [6.45, 7) is 5.72. The zero-order chi connectivity index (χ0) is 23.7. The van der Waals surface area contributed by atoms with Gasteiger partial charge in [0.05, 0.1) is 13.2 Å². The van der Waals surface area contributed by atoms with Gasteiger partial charge in [-0.2, -0.15) is 4.98 Å². The van der Waals surface area contributed by atoms with Crippen LogP contribution in [0.4, 0.5) is 0 Å². The number of ether oxygens (including phenoxy) is 1. The third-order valence-electron chi connectivity index (χ3n) is 6.78. The molecule has 0 saturated carbocycles. The van der Waals surface area contributed by atoms with Crippen LogP contribution in [0.3, 0.4) is 0 Å². The standard InChI is InChI=1S/C28H30N4O2/c1-19-18-32(28(33)24-16-23-14-15-29-26(23)30-27(24)34-3)20(2)17-31(19)25(21-10-6-4-7-11-21)22-12-8-5-9-13-22/h4-16,19-20,25H,17-18H2,1-3H3,(H,29,30)/t19-,20+/m0/s1. The number of nitrogens with zero attached hydrogens (tertiary/aromatic N) is 3. The minimum atomic E-state index is -0.0394. The van der Waals surface area contributed by atoms with Crippen LogP contribution >= 0.6 is 0 Å². The molecule has 2 aromatic carbocycles. The molecular weight excluding hydrogens is 424 g/mol. The molecule has 0 bridgehead atoms. The van der Waals surface area contributed by atoms with Gasteiger partial charge in [0, 0.05) is 36.8 Å². The summed E-state index contributed by atoms with van der Waals surface area (Å²) in [5, 5.41) is 0.900. The molecule has 0 unspecified atom stereocenters. The molecule has 0 radical (unpaired) electrons. The minimum Gasteiger partial charge on any atom is -0.480 e. The van der Waals surface area contributed by atoms with E-state index in [1.165, 1.54) is 11.1 Å². The fourth-order valence-corrected chi connectivity index (χ4v) is 5.07. The monoisotopic (exact) mass is 454 g/mol. The summed E-state index contributed by atoms with van der Waals surface area (Å²) >= 11 is 0. The fourth-order valence-electron chi connectivity index (χ4n) is 5.07. The molecule has 1 saturated heterocycles. The molecule has 2 aromatic heterocycles. The van der Waals surface area contributed by atoms with Crippen molar-refractivity contribution < 1.29 is 9.53 Å². The Morgan fingerprint density at radius 3 is 2.24 bits per heavy atom. The number of piperazine rings is 1. The van der Waals surface area contributed by atoms with Crippen molar-refractivity contribution in [2.75, 3.05) is 20.2 Å². The van der Waals surface area contributed by atoms with E-state index < -0.39 is 0 Å². The lowest BCUT2D eigenvalue weighted by Crippen LogP contribution is -2.58. The lowest BCUT2D eigenvalue weighted by Gasteiger charge is -2.47. The van der Waals surface area contributed by atoms with Gasteiger partial charge in [-0.1, -0.05) is 60.7 Å². The highest BCUT2D eigenvalue weighted by Gasteiger charge is 2.37. The number of carbonyl (C=O) groups is 1. The Kier molecular flexibility index (Phi) is 6.07. The molecular formula is C28H30N4O2. The molecule has 174 valence electrons. The van der Waals surface area contributed by atoms with E-state index in [4.69, 9.17) is 4.74 Å². The van der Waals surface area contributed by atoms with Crippen LogP contribution in [-0.4, -0.2) is 58.0 Å². The van der Waals surface area contributed by atoms with Crippen molar-refractivity contribution in [1.82, 2.24) is 19.8 Å². The number of carbonyl (C=O) groups excluding carboxylic acids is 1. The van der Waals surface area contributed by atoms with E-state index in [-0.39, 0.29) is 24.0 Å². The van der Waals surface area contributed by atoms with Gasteiger partial charge < -0.3 is 14.6 Å². The molecule has 2 atom stereocenters. The van der Waals surface area contributed by atoms with E-state index in [9.17, 15) is 4.79 Å². The van der Waals surface area contributed by atoms with Crippen LogP contribution in [0.5, 0.6) is 5.88 Å². The second-order valence-corrected chi connectivity index (χ2v) is 9.04. The zero-order valence-corrected chi connectivity index (χ0v) is 19.8. The number of fused-ring (bicyclic) bond motifs is 1. The highest BCUT2D eigenvalue weighted by Crippen LogP contribution is 2.34. The van der Waals surface area contributed by atoms with Crippen LogP contribution < -0.4 is 4.74 Å². The van der Waals surface area contributed by atoms with Crippen LogP contribution in [0, 0.1) is 0 Å². The number of hydrogen-bond donors (Lipinski definition) is 1. The Hall–Kier alpha value is -3.64. The first kappa shape index (κ1) is 22.2. The minimum absolute atomic E-state index is 0.0326. The van der Waals surface area contributed by atoms with Crippen LogP contribution in [0.2, 0.25) is 0 Å². The summed E-state index contributed by atoms with van der Waals surface area (Å²) in [4.78, 5) is 25.8. The fraction of sp³-hybridized carbons (Fsp3) is 0.286. The molecule has 1 N–H and O–H groups in total. The maximum atomic E-state index is 13.7. The van der Waals surface area contributed by atoms with Crippen molar-refractivity contribution in [1.29, 1.82) is 0 Å². The molecule has 1 amide bonds. The van der Waals surface area contributed by atoms with Gasteiger partial charge in [0.2, 0.25) is 5.88 Å². The Bertz CT molecular complexity index is 1230. The molecule has 1 aliphatic rings. The van der Waals surface area contributed by atoms with Crippen LogP contribution in [-0.2, 0) is 0 Å². The number of nitrogens with one attached hydrogen (secondary N) is 1. The van der Waals surface area contributed by atoms with Crippen LogP contribution in [0.1, 0.15) is 41.4 Å². The molecule has 34 heavy (non-hydrogen) atoms. The van der Waals surface area contributed by atoms with Crippen molar-refractivity contribution in [3.63, 3.8) is 0 Å². The van der Waals surface area contributed by atoms with Gasteiger partial charge in [0.15, 0.2) is 0 Å². The van der Waals surface area contributed by atoms with E-state index in [2.05, 4.69) is 89.4 Å². The summed E-state index contributed by atoms with van der Waals surface area (Å²) in [5.41, 5.74) is 3.74. The Balaban J connectivity index is 1.45. The molecule has 1 aliphatic heterocycles. The number of hydrogen-bond acceptors (Lipinski definition) is 4. The first-order valence-corrected chi connectivity index (χ1v) is 11.8. The van der Waals surface area contributed by atoms with Crippen LogP contribution in [0.25, 0.3) is 11.0 Å². The SMILES string of the molecule is COc1nc2[nH]ccc2cc1C(=O)N1C[C@H](C)N(C(c2ccccc2)c2ccccc2)C[C@H]1C. The molecule has 3 heterocycles. The average molecular weight is 455 g/mol. The number of aromatic amines is 1. The molecule has 0 spiro atoms. The normalized spacial score (nSPS) is 19.0. The van der Waals surface area contributed by atoms with E-state index in [1.807, 2.05) is 23.2 Å². The topological polar surface area (TPSA) is 61.5 Å². The van der Waals surface area contributed by atoms with Gasteiger partial charge in [-0.15, -0.1) is 0 Å². The number of benzene rings is 2. The summed E-state index contributed by atoms with van der Waals surface area (Å²) < 4.78 is 5.48. The Morgan fingerprint density at radius 1 is 0.971 bits per heavy atom. The van der Waals surface area contributed by atoms with Crippen molar-refractivity contribution in [2.45, 2.75) is 32.0 Å². The second-order valence-electron chi connectivity index (χ2n) is 9.04. The third-order valence-corrected chi connectivity index (χ3v) is 6.78. The summed E-state index contributed by atoms with van der Waals surface area (Å²) in [6, 6.07) is 25.4. The quantitative estimate of drug-likeness (QED) is 0.466. The second kappa shape index (κ2) is 9.31. The lowest BCUT2D eigenvalue weighted by atomic mass is 9.93. The first-order chi connectivity index (χ1) is 16.6. The number of methoxy groups -OCH3 is 1. The highest BCUT2D eigenvalue weighted by atomic mass is 16.5. The molecule has 0 aliphatic carbocycles. The molecule has 4 aromatic rings. The van der Waals surface area contributed by atoms with Crippen molar-refractivity contribution >= 4 is 16.9 Å². The summed E-state index contributed by atoms with van der Waals surface area (Å²) in [7, 11) is 1.56. The maximum Gasteiger partial charge on any atom is 0.259 e. The van der Waals surface area contributed by atoms with Gasteiger partial charge in [-0.3, -0.25) is 9.69 Å². The summed E-state index contributed by atoms with van der Waals surface area (Å²) in [6.07, 6.45) is 1.82. The lowest BCUT2D eigenvalue weighted by molar-refractivity contribution is 0.0207. The Morgan fingerprint density at radius 2 is 1.62 bits per heavy atom. The number of rotatable bonds is 5. The van der Waals surface area contributed by atoms with Crippen molar-refractivity contribution in [3.8, 4) is 5.88 Å². The van der Waals surface area contributed by atoms with Crippen LogP contribution in [0.15, 0.2) is 79.0 Å². The molecule has 5 rings (SSSR count). The van der Waals surface area contributed by atoms with E-state index in [0.717, 1.165) is 11.9 Å². The largest absolute Gasteiger partial charge is 0.480 e. The van der Waals surface area contributed by atoms with Gasteiger partial charge in [0.1, 0.15) is 11.2 Å². The van der Waals surface area contributed by atoms with E-state index in [0.29, 0.717) is 23.6 Å². The molecule has 6 heteroatoms. The predicted octanol–water partition coefficient (Wildman–Crippen LogP) is 4.90. The number of H-pyrrole nitrogens is 1. The van der Waals surface area contributed by atoms with Gasteiger partial charge in [-0.25, -0.2) is 0 Å². The maximum absolute atomic E-state index is 13.7. The van der Waals surface area contributed by atoms with Gasteiger partial charge >= 0.3 is 0 Å². The molecule has 6 nitrogen and oxygen atoms in total. The number of aromatic nitrogens is 2. The van der Waals surface area contributed by atoms with Crippen molar-refractivity contribution in [3.05, 3.63) is 95.7 Å².